The Balaban J connectivity index is 1.05. The Morgan fingerprint density at radius 3 is 2.64 bits per heavy atom. The number of nitrogen functional groups attached to an aromatic ring is 1. The van der Waals surface area contributed by atoms with E-state index in [0.29, 0.717) is 86.1 Å². The number of anilines is 2. The lowest BCUT2D eigenvalue weighted by atomic mass is 10.2. The van der Waals surface area contributed by atoms with Crippen LogP contribution in [0, 0.1) is 11.6 Å². The monoisotopic (exact) mass is 596 g/mol. The van der Waals surface area contributed by atoms with Crippen molar-refractivity contribution in [2.24, 2.45) is 0 Å². The third-order valence-electron chi connectivity index (χ3n) is 7.73. The van der Waals surface area contributed by atoms with Crippen molar-refractivity contribution < 1.29 is 22.7 Å². The largest absolute Gasteiger partial charge is 0.480 e. The van der Waals surface area contributed by atoms with E-state index in [4.69, 9.17) is 14.9 Å². The first-order valence-electron chi connectivity index (χ1n) is 13.6. The van der Waals surface area contributed by atoms with Crippen LogP contribution in [0.25, 0.3) is 27.6 Å². The number of Topliss-reactive ketones (excluding diaryl/α,β-unsaturated/α-hetero) is 1. The lowest BCUT2D eigenvalue weighted by Crippen LogP contribution is -2.47. The smallest absolute Gasteiger partial charge is 0.309 e. The number of ketones is 1. The van der Waals surface area contributed by atoms with Gasteiger partial charge in [0.2, 0.25) is 11.8 Å². The Labute approximate surface area is 240 Å². The van der Waals surface area contributed by atoms with E-state index in [1.54, 1.807) is 16.7 Å². The molecule has 0 amide bonds. The minimum absolute atomic E-state index is 0.0613. The van der Waals surface area contributed by atoms with Gasteiger partial charge in [-0.05, 0) is 25.0 Å². The van der Waals surface area contributed by atoms with Gasteiger partial charge < -0.3 is 19.8 Å². The van der Waals surface area contributed by atoms with Crippen molar-refractivity contribution >= 4 is 44.8 Å². The molecule has 15 heteroatoms. The number of furan rings is 1. The summed E-state index contributed by atoms with van der Waals surface area (Å²) in [6.45, 7) is 3.11. The number of hydrogen-bond acceptors (Lipinski definition) is 11. The van der Waals surface area contributed by atoms with Gasteiger partial charge in [0.15, 0.2) is 40.5 Å². The number of carbonyl (C=O) groups is 1. The second kappa shape index (κ2) is 10.5. The molecular formula is C27H26F2N8O4S. The third-order valence-corrected chi connectivity index (χ3v) is 8.69. The minimum Gasteiger partial charge on any atom is -0.480 e. The molecule has 2 fully saturated rings. The second-order valence-electron chi connectivity index (χ2n) is 10.3. The summed E-state index contributed by atoms with van der Waals surface area (Å²) < 4.78 is 43.8. The summed E-state index contributed by atoms with van der Waals surface area (Å²) in [4.78, 5) is 37.7. The molecule has 5 heterocycles. The Morgan fingerprint density at radius 1 is 1.07 bits per heavy atom. The Kier molecular flexibility index (Phi) is 6.61. The summed E-state index contributed by atoms with van der Waals surface area (Å²) in [5, 5.41) is 4.38. The van der Waals surface area contributed by atoms with Gasteiger partial charge in [-0.2, -0.15) is 9.50 Å². The Hall–Kier alpha value is -4.37. The van der Waals surface area contributed by atoms with Crippen LogP contribution in [0.1, 0.15) is 19.3 Å². The van der Waals surface area contributed by atoms with Gasteiger partial charge in [0.25, 0.3) is 0 Å². The molecule has 2 N–H and O–H groups in total. The van der Waals surface area contributed by atoms with E-state index in [0.717, 1.165) is 17.4 Å². The number of fused-ring (bicyclic) bond motifs is 3. The zero-order chi connectivity index (χ0) is 29.0. The van der Waals surface area contributed by atoms with Gasteiger partial charge in [0, 0.05) is 57.8 Å². The van der Waals surface area contributed by atoms with Gasteiger partial charge in [-0.15, -0.1) is 5.10 Å². The molecule has 1 saturated heterocycles. The van der Waals surface area contributed by atoms with Crippen molar-refractivity contribution in [2.45, 2.75) is 31.9 Å². The number of carbonyl (C=O) groups excluding carboxylic acids is 1. The van der Waals surface area contributed by atoms with Crippen molar-refractivity contribution in [1.29, 1.82) is 0 Å². The molecule has 218 valence electrons. The van der Waals surface area contributed by atoms with E-state index in [1.807, 2.05) is 4.90 Å². The molecule has 1 aromatic carbocycles. The predicted octanol–water partition coefficient (Wildman–Crippen LogP) is 2.94. The summed E-state index contributed by atoms with van der Waals surface area (Å²) in [5.41, 5.74) is 7.28. The van der Waals surface area contributed by atoms with Gasteiger partial charge >= 0.3 is 4.87 Å². The van der Waals surface area contributed by atoms with Crippen molar-refractivity contribution in [3.63, 3.8) is 0 Å². The average molecular weight is 597 g/mol. The first kappa shape index (κ1) is 26.5. The van der Waals surface area contributed by atoms with Gasteiger partial charge in [-0.1, -0.05) is 11.3 Å². The summed E-state index contributed by atoms with van der Waals surface area (Å²) >= 11 is 1.03. The summed E-state index contributed by atoms with van der Waals surface area (Å²) in [7, 11) is 0. The van der Waals surface area contributed by atoms with Crippen molar-refractivity contribution in [3.8, 4) is 17.3 Å². The van der Waals surface area contributed by atoms with E-state index in [9.17, 15) is 18.4 Å². The first-order valence-corrected chi connectivity index (χ1v) is 14.4. The topological polar surface area (TPSA) is 137 Å². The lowest BCUT2D eigenvalue weighted by molar-refractivity contribution is -0.123. The maximum atomic E-state index is 14.8. The van der Waals surface area contributed by atoms with Crippen LogP contribution < -0.4 is 20.2 Å². The maximum absolute atomic E-state index is 14.8. The first-order chi connectivity index (χ1) is 20.4. The number of piperazine rings is 1. The van der Waals surface area contributed by atoms with Gasteiger partial charge in [0.05, 0.1) is 12.0 Å². The van der Waals surface area contributed by atoms with Crippen molar-refractivity contribution in [1.82, 2.24) is 29.0 Å². The van der Waals surface area contributed by atoms with Crippen LogP contribution in [-0.4, -0.2) is 73.7 Å². The molecule has 12 nitrogen and oxygen atoms in total. The number of benzene rings is 1. The standard InChI is InChI=1S/C27H26F2N8O4S/c28-15-13-16(29)21(41-19-4-1-3-18(19)38)14-17(15)35-9-6-34(7-10-35)8-11-36-24-22(42-27(36)39)25-31-23(20-5-2-12-40-20)33-37(25)26(30)32-24/h2,5,12-14,19H,1,3-4,6-11H2,(H2,30,32). The third kappa shape index (κ3) is 4.67. The molecule has 2 aliphatic rings. The predicted molar refractivity (Wildman–Crippen MR) is 151 cm³/mol. The SMILES string of the molecule is Nc1nc2c(sc(=O)n2CCN2CCN(c3cc(OC4CCCC4=O)c(F)cc3F)CC2)c2nc(-c3ccco3)nn12. The second-order valence-corrected chi connectivity index (χ2v) is 11.3. The van der Waals surface area contributed by atoms with Gasteiger partial charge in [0.1, 0.15) is 10.5 Å². The summed E-state index contributed by atoms with van der Waals surface area (Å²) in [6.07, 6.45) is 2.49. The number of nitrogens with two attached hydrogens (primary N) is 1. The van der Waals surface area contributed by atoms with E-state index < -0.39 is 17.7 Å². The number of ether oxygens (including phenoxy) is 1. The maximum Gasteiger partial charge on any atom is 0.309 e. The summed E-state index contributed by atoms with van der Waals surface area (Å²) in [6, 6.07) is 5.63. The number of hydrogen-bond donors (Lipinski definition) is 1. The number of nitrogens with zero attached hydrogens (tertiary/aromatic N) is 7. The summed E-state index contributed by atoms with van der Waals surface area (Å²) in [5.74, 6) is -0.750. The molecule has 1 unspecified atom stereocenters. The highest BCUT2D eigenvalue weighted by Crippen LogP contribution is 2.32. The highest BCUT2D eigenvalue weighted by molar-refractivity contribution is 7.17. The van der Waals surface area contributed by atoms with E-state index >= 15 is 0 Å². The zero-order valence-electron chi connectivity index (χ0n) is 22.3. The van der Waals surface area contributed by atoms with Crippen LogP contribution in [0.15, 0.2) is 39.7 Å². The quantitative estimate of drug-likeness (QED) is 0.299. The van der Waals surface area contributed by atoms with E-state index in [2.05, 4.69) is 20.0 Å². The van der Waals surface area contributed by atoms with Crippen LogP contribution in [0.5, 0.6) is 5.75 Å². The highest BCUT2D eigenvalue weighted by Gasteiger charge is 2.29. The molecule has 4 aromatic heterocycles. The molecule has 1 atom stereocenters. The van der Waals surface area contributed by atoms with Crippen LogP contribution in [-0.2, 0) is 11.3 Å². The Bertz CT molecular complexity index is 1860. The number of aromatic nitrogens is 5. The van der Waals surface area contributed by atoms with Gasteiger partial charge in [-0.25, -0.2) is 13.8 Å². The van der Waals surface area contributed by atoms with Crippen LogP contribution in [0.3, 0.4) is 0 Å². The van der Waals surface area contributed by atoms with E-state index in [-0.39, 0.29) is 28.0 Å². The van der Waals surface area contributed by atoms with Crippen molar-refractivity contribution in [3.05, 3.63) is 51.8 Å². The number of halogens is 2. The molecular weight excluding hydrogens is 570 g/mol. The molecule has 0 bridgehead atoms. The Morgan fingerprint density at radius 2 is 1.90 bits per heavy atom. The fourth-order valence-corrected chi connectivity index (χ4v) is 6.44. The molecule has 0 spiro atoms. The van der Waals surface area contributed by atoms with Crippen LogP contribution >= 0.6 is 11.3 Å². The number of rotatable bonds is 7. The normalized spacial score (nSPS) is 18.1. The number of thiazole rings is 1. The van der Waals surface area contributed by atoms with Gasteiger partial charge in [-0.3, -0.25) is 19.1 Å². The van der Waals surface area contributed by atoms with E-state index in [1.165, 1.54) is 16.8 Å². The van der Waals surface area contributed by atoms with Crippen molar-refractivity contribution in [2.75, 3.05) is 43.4 Å². The average Bonchev–Trinajstić information content (AvgIpc) is 3.77. The molecule has 1 saturated carbocycles. The molecule has 42 heavy (non-hydrogen) atoms. The minimum atomic E-state index is -0.821. The zero-order valence-corrected chi connectivity index (χ0v) is 23.1. The highest BCUT2D eigenvalue weighted by atomic mass is 32.1. The molecule has 1 aliphatic carbocycles. The molecule has 5 aromatic rings. The fraction of sp³-hybridized carbons (Fsp3) is 0.370. The van der Waals surface area contributed by atoms with Crippen LogP contribution in [0.2, 0.25) is 0 Å². The van der Waals surface area contributed by atoms with Crippen LogP contribution in [0.4, 0.5) is 20.4 Å². The lowest BCUT2D eigenvalue weighted by Gasteiger charge is -2.36. The fourth-order valence-electron chi connectivity index (χ4n) is 5.50. The molecule has 1 aliphatic heterocycles. The molecule has 0 radical (unpaired) electrons. The molecule has 7 rings (SSSR count).